The predicted octanol–water partition coefficient (Wildman–Crippen LogP) is 4.95. The highest BCUT2D eigenvalue weighted by atomic mass is 79.9. The van der Waals surface area contributed by atoms with Gasteiger partial charge in [-0.05, 0) is 42.5 Å². The van der Waals surface area contributed by atoms with E-state index in [1.165, 1.54) is 23.1 Å². The summed E-state index contributed by atoms with van der Waals surface area (Å²) in [6.45, 7) is 0. The SMILES string of the molecule is COc1ccc(NC(=O)CSc2nnc(NC(=O)c3cc(Br)ccc3Cl)s2)cc1. The molecule has 0 spiro atoms. The summed E-state index contributed by atoms with van der Waals surface area (Å²) < 4.78 is 6.38. The lowest BCUT2D eigenvalue weighted by Gasteiger charge is -2.05. The van der Waals surface area contributed by atoms with Crippen molar-refractivity contribution < 1.29 is 14.3 Å². The van der Waals surface area contributed by atoms with E-state index in [9.17, 15) is 9.59 Å². The van der Waals surface area contributed by atoms with Crippen LogP contribution in [-0.4, -0.2) is 34.9 Å². The number of amides is 2. The van der Waals surface area contributed by atoms with Gasteiger partial charge in [-0.15, -0.1) is 10.2 Å². The van der Waals surface area contributed by atoms with Crippen LogP contribution in [0.4, 0.5) is 10.8 Å². The van der Waals surface area contributed by atoms with E-state index < -0.39 is 0 Å². The summed E-state index contributed by atoms with van der Waals surface area (Å²) in [6, 6.07) is 12.0. The molecule has 2 aromatic carbocycles. The monoisotopic (exact) mass is 512 g/mol. The maximum atomic E-state index is 12.4. The van der Waals surface area contributed by atoms with Gasteiger partial charge >= 0.3 is 0 Å². The first-order valence-electron chi connectivity index (χ1n) is 8.11. The van der Waals surface area contributed by atoms with Crippen molar-refractivity contribution in [2.24, 2.45) is 0 Å². The molecular formula is C18H14BrClN4O3S2. The molecule has 3 aromatic rings. The zero-order chi connectivity index (χ0) is 20.8. The van der Waals surface area contributed by atoms with Gasteiger partial charge in [0.05, 0.1) is 23.4 Å². The maximum Gasteiger partial charge on any atom is 0.259 e. The molecule has 0 aliphatic rings. The van der Waals surface area contributed by atoms with E-state index in [0.29, 0.717) is 31.5 Å². The Balaban J connectivity index is 1.52. The van der Waals surface area contributed by atoms with Crippen molar-refractivity contribution in [2.75, 3.05) is 23.5 Å². The molecule has 0 atom stereocenters. The number of rotatable bonds is 7. The van der Waals surface area contributed by atoms with Crippen molar-refractivity contribution in [1.82, 2.24) is 10.2 Å². The van der Waals surface area contributed by atoms with Crippen molar-refractivity contribution in [3.63, 3.8) is 0 Å². The smallest absolute Gasteiger partial charge is 0.259 e. The van der Waals surface area contributed by atoms with E-state index in [2.05, 4.69) is 36.8 Å². The van der Waals surface area contributed by atoms with Gasteiger partial charge in [-0.25, -0.2) is 0 Å². The fourth-order valence-corrected chi connectivity index (χ4v) is 4.26. The normalized spacial score (nSPS) is 10.4. The Hall–Kier alpha value is -2.14. The number of ether oxygens (including phenoxy) is 1. The first-order chi connectivity index (χ1) is 13.9. The van der Waals surface area contributed by atoms with Gasteiger partial charge in [0.2, 0.25) is 11.0 Å². The molecule has 7 nitrogen and oxygen atoms in total. The zero-order valence-corrected chi connectivity index (χ0v) is 18.9. The van der Waals surface area contributed by atoms with E-state index in [1.54, 1.807) is 49.6 Å². The van der Waals surface area contributed by atoms with E-state index in [-0.39, 0.29) is 17.6 Å². The largest absolute Gasteiger partial charge is 0.497 e. The van der Waals surface area contributed by atoms with Crippen LogP contribution >= 0.6 is 50.6 Å². The number of hydrogen-bond acceptors (Lipinski definition) is 7. The molecule has 150 valence electrons. The number of methoxy groups -OCH3 is 1. The molecule has 2 N–H and O–H groups in total. The first kappa shape index (κ1) is 21.6. The second-order valence-electron chi connectivity index (χ2n) is 5.52. The van der Waals surface area contributed by atoms with Crippen molar-refractivity contribution in [2.45, 2.75) is 4.34 Å². The number of halogens is 2. The summed E-state index contributed by atoms with van der Waals surface area (Å²) in [7, 11) is 1.58. The molecule has 0 fully saturated rings. The van der Waals surface area contributed by atoms with E-state index in [0.717, 1.165) is 4.47 Å². The van der Waals surface area contributed by atoms with Crippen LogP contribution in [0.3, 0.4) is 0 Å². The van der Waals surface area contributed by atoms with Gasteiger partial charge in [0, 0.05) is 10.2 Å². The van der Waals surface area contributed by atoms with Gasteiger partial charge in [0.15, 0.2) is 4.34 Å². The Morgan fingerprint density at radius 2 is 1.93 bits per heavy atom. The Morgan fingerprint density at radius 3 is 2.66 bits per heavy atom. The van der Waals surface area contributed by atoms with Gasteiger partial charge in [-0.1, -0.05) is 50.6 Å². The van der Waals surface area contributed by atoms with E-state index in [4.69, 9.17) is 16.3 Å². The van der Waals surface area contributed by atoms with Crippen LogP contribution in [0.2, 0.25) is 5.02 Å². The van der Waals surface area contributed by atoms with Crippen LogP contribution in [0.5, 0.6) is 5.75 Å². The molecule has 0 unspecified atom stereocenters. The molecule has 3 rings (SSSR count). The van der Waals surface area contributed by atoms with Crippen molar-refractivity contribution in [1.29, 1.82) is 0 Å². The van der Waals surface area contributed by atoms with Crippen LogP contribution in [-0.2, 0) is 4.79 Å². The van der Waals surface area contributed by atoms with Crippen LogP contribution in [0.1, 0.15) is 10.4 Å². The Bertz CT molecular complexity index is 1030. The minimum Gasteiger partial charge on any atom is -0.497 e. The van der Waals surface area contributed by atoms with E-state index >= 15 is 0 Å². The Morgan fingerprint density at radius 1 is 1.17 bits per heavy atom. The molecule has 0 aliphatic carbocycles. The summed E-state index contributed by atoms with van der Waals surface area (Å²) in [5, 5.41) is 14.0. The van der Waals surface area contributed by atoms with Gasteiger partial charge in [-0.2, -0.15) is 0 Å². The summed E-state index contributed by atoms with van der Waals surface area (Å²) in [4.78, 5) is 24.4. The average Bonchev–Trinajstić information content (AvgIpc) is 3.16. The lowest BCUT2D eigenvalue weighted by Crippen LogP contribution is -2.13. The number of aromatic nitrogens is 2. The maximum absolute atomic E-state index is 12.4. The van der Waals surface area contributed by atoms with Crippen LogP contribution < -0.4 is 15.4 Å². The molecule has 2 amide bonds. The van der Waals surface area contributed by atoms with Crippen molar-refractivity contribution in [3.05, 3.63) is 57.5 Å². The standard InChI is InChI=1S/C18H14BrClN4O3S2/c1-27-12-5-3-11(4-6-12)21-15(25)9-28-18-24-23-17(29-18)22-16(26)13-8-10(19)2-7-14(13)20/h2-8H,9H2,1H3,(H,21,25)(H,22,23,26). The van der Waals surface area contributed by atoms with Crippen molar-refractivity contribution in [3.8, 4) is 5.75 Å². The lowest BCUT2D eigenvalue weighted by atomic mass is 10.2. The fourth-order valence-electron chi connectivity index (χ4n) is 2.15. The number of thioether (sulfide) groups is 1. The number of nitrogens with zero attached hydrogens (tertiary/aromatic N) is 2. The molecular weight excluding hydrogens is 500 g/mol. The molecule has 0 aliphatic heterocycles. The Labute approximate surface area is 188 Å². The third-order valence-electron chi connectivity index (χ3n) is 3.50. The quantitative estimate of drug-likeness (QED) is 0.343. The summed E-state index contributed by atoms with van der Waals surface area (Å²) in [6.07, 6.45) is 0. The molecule has 0 radical (unpaired) electrons. The third kappa shape index (κ3) is 6.17. The number of anilines is 2. The molecule has 0 saturated carbocycles. The lowest BCUT2D eigenvalue weighted by molar-refractivity contribution is -0.113. The van der Waals surface area contributed by atoms with Crippen LogP contribution in [0.15, 0.2) is 51.3 Å². The zero-order valence-electron chi connectivity index (χ0n) is 14.9. The van der Waals surface area contributed by atoms with Crippen LogP contribution in [0, 0.1) is 0 Å². The Kier molecular flexibility index (Phi) is 7.48. The predicted molar refractivity (Wildman–Crippen MR) is 119 cm³/mol. The number of hydrogen-bond donors (Lipinski definition) is 2. The topological polar surface area (TPSA) is 93.2 Å². The highest BCUT2D eigenvalue weighted by molar-refractivity contribution is 9.10. The summed E-state index contributed by atoms with van der Waals surface area (Å²) >= 11 is 11.8. The molecule has 0 bridgehead atoms. The van der Waals surface area contributed by atoms with Gasteiger partial charge in [0.25, 0.3) is 5.91 Å². The summed E-state index contributed by atoms with van der Waals surface area (Å²) in [5.74, 6) is 0.305. The van der Waals surface area contributed by atoms with Crippen molar-refractivity contribution >= 4 is 73.3 Å². The van der Waals surface area contributed by atoms with E-state index in [1.807, 2.05) is 0 Å². The highest BCUT2D eigenvalue weighted by Crippen LogP contribution is 2.27. The van der Waals surface area contributed by atoms with Gasteiger partial charge in [-0.3, -0.25) is 14.9 Å². The first-order valence-corrected chi connectivity index (χ1v) is 11.1. The number of nitrogens with one attached hydrogen (secondary N) is 2. The highest BCUT2D eigenvalue weighted by Gasteiger charge is 2.15. The second-order valence-corrected chi connectivity index (χ2v) is 9.04. The number of benzene rings is 2. The molecule has 1 aromatic heterocycles. The van der Waals surface area contributed by atoms with Gasteiger partial charge < -0.3 is 10.1 Å². The minimum atomic E-state index is -0.388. The molecule has 0 saturated heterocycles. The summed E-state index contributed by atoms with van der Waals surface area (Å²) in [5.41, 5.74) is 0.997. The number of carbonyl (C=O) groups excluding carboxylic acids is 2. The number of carbonyl (C=O) groups is 2. The average molecular weight is 514 g/mol. The van der Waals surface area contributed by atoms with Crippen LogP contribution in [0.25, 0.3) is 0 Å². The molecule has 29 heavy (non-hydrogen) atoms. The molecule has 1 heterocycles. The second kappa shape index (κ2) is 10.1. The fraction of sp³-hybridized carbons (Fsp3) is 0.111. The molecule has 11 heteroatoms. The third-order valence-corrected chi connectivity index (χ3v) is 6.30. The minimum absolute atomic E-state index is 0.159. The van der Waals surface area contributed by atoms with Gasteiger partial charge in [0.1, 0.15) is 5.75 Å².